The molecule has 2 unspecified atom stereocenters. The minimum absolute atomic E-state index is 0.154. The molecular formula is C15H18F3O5P. The van der Waals surface area contributed by atoms with E-state index < -0.39 is 43.2 Å². The SMILES string of the molecule is CP(=O)(Cc1ccccc1C(F)(F)F)CC(CCC(=O)O)C(=O)O. The smallest absolute Gasteiger partial charge is 0.416 e. The normalized spacial score (nSPS) is 15.5. The Morgan fingerprint density at radius 2 is 1.79 bits per heavy atom. The van der Waals surface area contributed by atoms with Gasteiger partial charge in [0.05, 0.1) is 18.6 Å². The van der Waals surface area contributed by atoms with Gasteiger partial charge >= 0.3 is 18.1 Å². The van der Waals surface area contributed by atoms with E-state index in [-0.39, 0.29) is 24.3 Å². The third kappa shape index (κ3) is 6.35. The summed E-state index contributed by atoms with van der Waals surface area (Å²) < 4.78 is 51.6. The van der Waals surface area contributed by atoms with Crippen molar-refractivity contribution in [3.63, 3.8) is 0 Å². The summed E-state index contributed by atoms with van der Waals surface area (Å²) in [5, 5.41) is 17.7. The van der Waals surface area contributed by atoms with Gasteiger partial charge in [0.2, 0.25) is 0 Å². The minimum atomic E-state index is -4.59. The van der Waals surface area contributed by atoms with Gasteiger partial charge in [-0.2, -0.15) is 13.2 Å². The monoisotopic (exact) mass is 366 g/mol. The maximum Gasteiger partial charge on any atom is 0.416 e. The molecule has 0 aromatic heterocycles. The Balaban J connectivity index is 2.95. The van der Waals surface area contributed by atoms with Crippen LogP contribution in [0.1, 0.15) is 24.0 Å². The van der Waals surface area contributed by atoms with Crippen LogP contribution < -0.4 is 0 Å². The summed E-state index contributed by atoms with van der Waals surface area (Å²) in [6.07, 6.45) is -5.95. The van der Waals surface area contributed by atoms with Gasteiger partial charge in [-0.25, -0.2) is 0 Å². The van der Waals surface area contributed by atoms with E-state index in [4.69, 9.17) is 10.2 Å². The molecule has 24 heavy (non-hydrogen) atoms. The van der Waals surface area contributed by atoms with Crippen LogP contribution in [0.25, 0.3) is 0 Å². The Hall–Kier alpha value is -1.82. The molecule has 1 rings (SSSR count). The van der Waals surface area contributed by atoms with Gasteiger partial charge in [0.25, 0.3) is 0 Å². The molecule has 2 atom stereocenters. The second-order valence-corrected chi connectivity index (χ2v) is 9.04. The van der Waals surface area contributed by atoms with Crippen molar-refractivity contribution >= 4 is 19.1 Å². The zero-order chi connectivity index (χ0) is 18.5. The predicted octanol–water partition coefficient (Wildman–Crippen LogP) is 3.76. The second-order valence-electron chi connectivity index (χ2n) is 5.76. The fourth-order valence-electron chi connectivity index (χ4n) is 2.42. The third-order valence-corrected chi connectivity index (χ3v) is 5.71. The zero-order valence-electron chi connectivity index (χ0n) is 12.9. The third-order valence-electron chi connectivity index (χ3n) is 3.49. The Labute approximate surface area is 136 Å². The zero-order valence-corrected chi connectivity index (χ0v) is 13.8. The van der Waals surface area contributed by atoms with Crippen LogP contribution in [0.2, 0.25) is 0 Å². The van der Waals surface area contributed by atoms with E-state index in [1.54, 1.807) is 0 Å². The molecule has 0 saturated carbocycles. The second kappa shape index (κ2) is 7.83. The average molecular weight is 366 g/mol. The van der Waals surface area contributed by atoms with Crippen LogP contribution in [0.4, 0.5) is 13.2 Å². The van der Waals surface area contributed by atoms with Gasteiger partial charge in [-0.1, -0.05) is 18.2 Å². The lowest BCUT2D eigenvalue weighted by atomic mass is 10.1. The first kappa shape index (κ1) is 20.2. The molecule has 134 valence electrons. The number of benzene rings is 1. The largest absolute Gasteiger partial charge is 0.481 e. The quantitative estimate of drug-likeness (QED) is 0.684. The van der Waals surface area contributed by atoms with Crippen LogP contribution in [-0.2, 0) is 26.5 Å². The number of aliphatic carboxylic acids is 2. The Morgan fingerprint density at radius 1 is 1.21 bits per heavy atom. The van der Waals surface area contributed by atoms with Crippen molar-refractivity contribution in [1.82, 2.24) is 0 Å². The van der Waals surface area contributed by atoms with Crippen LogP contribution in [0, 0.1) is 5.92 Å². The maximum atomic E-state index is 13.0. The van der Waals surface area contributed by atoms with Gasteiger partial charge in [-0.15, -0.1) is 0 Å². The number of alkyl halides is 3. The van der Waals surface area contributed by atoms with Crippen molar-refractivity contribution < 1.29 is 37.5 Å². The summed E-state index contributed by atoms with van der Waals surface area (Å²) in [6.45, 7) is 1.25. The van der Waals surface area contributed by atoms with Gasteiger partial charge in [0.15, 0.2) is 0 Å². The molecular weight excluding hydrogens is 348 g/mol. The summed E-state index contributed by atoms with van der Waals surface area (Å²) in [4.78, 5) is 21.7. The van der Waals surface area contributed by atoms with Crippen molar-refractivity contribution in [3.05, 3.63) is 35.4 Å². The molecule has 9 heteroatoms. The van der Waals surface area contributed by atoms with Crippen LogP contribution in [0.15, 0.2) is 24.3 Å². The lowest BCUT2D eigenvalue weighted by Crippen LogP contribution is -2.20. The van der Waals surface area contributed by atoms with Crippen LogP contribution in [0.5, 0.6) is 0 Å². The van der Waals surface area contributed by atoms with Gasteiger partial charge < -0.3 is 14.8 Å². The molecule has 0 heterocycles. The van der Waals surface area contributed by atoms with E-state index in [0.717, 1.165) is 6.07 Å². The topological polar surface area (TPSA) is 91.7 Å². The van der Waals surface area contributed by atoms with E-state index in [2.05, 4.69) is 0 Å². The highest BCUT2D eigenvalue weighted by Gasteiger charge is 2.35. The predicted molar refractivity (Wildman–Crippen MR) is 81.5 cm³/mol. The van der Waals surface area contributed by atoms with Crippen molar-refractivity contribution in [2.45, 2.75) is 25.2 Å². The molecule has 1 aromatic rings. The van der Waals surface area contributed by atoms with Crippen molar-refractivity contribution in [3.8, 4) is 0 Å². The Bertz CT molecular complexity index is 657. The molecule has 0 bridgehead atoms. The van der Waals surface area contributed by atoms with E-state index in [9.17, 15) is 27.3 Å². The molecule has 2 N–H and O–H groups in total. The molecule has 0 fully saturated rings. The van der Waals surface area contributed by atoms with Crippen molar-refractivity contribution in [1.29, 1.82) is 0 Å². The Morgan fingerprint density at radius 3 is 2.29 bits per heavy atom. The molecule has 0 aliphatic heterocycles. The molecule has 0 saturated heterocycles. The molecule has 1 aromatic carbocycles. The molecule has 0 radical (unpaired) electrons. The van der Waals surface area contributed by atoms with E-state index in [1.807, 2.05) is 0 Å². The maximum absolute atomic E-state index is 13.0. The number of rotatable bonds is 8. The summed E-state index contributed by atoms with van der Waals surface area (Å²) in [6, 6.07) is 4.71. The van der Waals surface area contributed by atoms with Gasteiger partial charge in [0, 0.05) is 18.7 Å². The van der Waals surface area contributed by atoms with Gasteiger partial charge in [0.1, 0.15) is 0 Å². The van der Waals surface area contributed by atoms with Gasteiger partial charge in [-0.3, -0.25) is 9.59 Å². The molecule has 0 aliphatic carbocycles. The summed E-state index contributed by atoms with van der Waals surface area (Å²) in [7, 11) is -3.25. The number of carboxylic acid groups (broad SMARTS) is 2. The number of hydrogen-bond acceptors (Lipinski definition) is 3. The highest BCUT2D eigenvalue weighted by Crippen LogP contribution is 2.49. The number of carboxylic acids is 2. The first-order chi connectivity index (χ1) is 10.9. The highest BCUT2D eigenvalue weighted by atomic mass is 31.2. The first-order valence-electron chi connectivity index (χ1n) is 7.07. The lowest BCUT2D eigenvalue weighted by molar-refractivity contribution is -0.142. The van der Waals surface area contributed by atoms with Crippen LogP contribution in [0.3, 0.4) is 0 Å². The van der Waals surface area contributed by atoms with Crippen LogP contribution >= 0.6 is 7.14 Å². The first-order valence-corrected chi connectivity index (χ1v) is 9.60. The van der Waals surface area contributed by atoms with E-state index >= 15 is 0 Å². The molecule has 0 amide bonds. The van der Waals surface area contributed by atoms with Crippen molar-refractivity contribution in [2.24, 2.45) is 5.92 Å². The van der Waals surface area contributed by atoms with Gasteiger partial charge in [-0.05, 0) is 24.7 Å². The molecule has 5 nitrogen and oxygen atoms in total. The Kier molecular flexibility index (Phi) is 6.60. The fraction of sp³-hybridized carbons (Fsp3) is 0.467. The summed E-state index contributed by atoms with van der Waals surface area (Å²) >= 11 is 0. The average Bonchev–Trinajstić information content (AvgIpc) is 2.41. The summed E-state index contributed by atoms with van der Waals surface area (Å²) in [5.74, 6) is -3.66. The number of halogens is 3. The molecule has 0 spiro atoms. The lowest BCUT2D eigenvalue weighted by Gasteiger charge is -2.20. The fourth-order valence-corrected chi connectivity index (χ4v) is 4.81. The highest BCUT2D eigenvalue weighted by molar-refractivity contribution is 7.62. The molecule has 0 aliphatic rings. The van der Waals surface area contributed by atoms with E-state index in [0.29, 0.717) is 0 Å². The summed E-state index contributed by atoms with van der Waals surface area (Å²) in [5.41, 5.74) is -1.05. The number of carbonyl (C=O) groups is 2. The number of hydrogen-bond donors (Lipinski definition) is 2. The van der Waals surface area contributed by atoms with Crippen molar-refractivity contribution in [2.75, 3.05) is 12.8 Å². The van der Waals surface area contributed by atoms with E-state index in [1.165, 1.54) is 24.9 Å². The standard InChI is InChI=1S/C15H18F3O5P/c1-24(23,9-11(14(21)22)6-7-13(19)20)8-10-4-2-3-5-12(10)15(16,17)18/h2-5,11H,6-9H2,1H3,(H,19,20)(H,21,22). The minimum Gasteiger partial charge on any atom is -0.481 e. The van der Waals surface area contributed by atoms with Crippen LogP contribution in [-0.4, -0.2) is 35.0 Å².